The number of nitrogens with zero attached hydrogens (tertiary/aromatic N) is 1. The van der Waals surface area contributed by atoms with Crippen molar-refractivity contribution < 1.29 is 23.6 Å². The summed E-state index contributed by atoms with van der Waals surface area (Å²) in [6, 6.07) is 3.05. The molecule has 144 valence electrons. The van der Waals surface area contributed by atoms with Crippen LogP contribution in [-0.4, -0.2) is 40.6 Å². The average molecular weight is 375 g/mol. The predicted octanol–water partition coefficient (Wildman–Crippen LogP) is 2.47. The largest absolute Gasteiger partial charge is 0.326 e. The quantitative estimate of drug-likeness (QED) is 0.624. The second-order valence-corrected chi connectivity index (χ2v) is 7.24. The first-order valence-corrected chi connectivity index (χ1v) is 8.99. The summed E-state index contributed by atoms with van der Waals surface area (Å²) >= 11 is 0. The van der Waals surface area contributed by atoms with Crippen LogP contribution in [0.4, 0.5) is 14.9 Å². The van der Waals surface area contributed by atoms with E-state index >= 15 is 0 Å². The van der Waals surface area contributed by atoms with Gasteiger partial charge < -0.3 is 10.6 Å². The Morgan fingerprint density at radius 2 is 2.07 bits per heavy atom. The second-order valence-electron chi connectivity index (χ2n) is 7.24. The fourth-order valence-corrected chi connectivity index (χ4v) is 3.89. The highest BCUT2D eigenvalue weighted by molar-refractivity contribution is 6.11. The molecule has 1 saturated carbocycles. The average Bonchev–Trinajstić information content (AvgIpc) is 2.82. The van der Waals surface area contributed by atoms with Crippen molar-refractivity contribution in [3.63, 3.8) is 0 Å². The van der Waals surface area contributed by atoms with Gasteiger partial charge in [0, 0.05) is 12.6 Å². The lowest BCUT2D eigenvalue weighted by Gasteiger charge is -2.36. The van der Waals surface area contributed by atoms with Gasteiger partial charge in [-0.1, -0.05) is 19.8 Å². The zero-order chi connectivity index (χ0) is 19.8. The molecule has 8 heteroatoms. The number of hydrogen-bond acceptors (Lipinski definition) is 4. The molecule has 4 amide bonds. The topological polar surface area (TPSA) is 95.6 Å². The first-order chi connectivity index (χ1) is 12.7. The SMILES string of the molecule is CC(=O)Nc1ccc(C(=O)CN2C(=O)N[C@@]3(CCCC[C@@H]3C)C2=O)c(F)c1. The monoisotopic (exact) mass is 375 g/mol. The number of Topliss-reactive ketones (excluding diaryl/α,β-unsaturated/α-hetero) is 1. The molecular weight excluding hydrogens is 353 g/mol. The fourth-order valence-electron chi connectivity index (χ4n) is 3.89. The van der Waals surface area contributed by atoms with Crippen LogP contribution >= 0.6 is 0 Å². The normalized spacial score (nSPS) is 24.9. The van der Waals surface area contributed by atoms with Gasteiger partial charge in [-0.15, -0.1) is 0 Å². The van der Waals surface area contributed by atoms with Gasteiger partial charge in [0.05, 0.1) is 12.1 Å². The molecule has 3 rings (SSSR count). The molecule has 1 saturated heterocycles. The molecule has 2 atom stereocenters. The van der Waals surface area contributed by atoms with E-state index in [4.69, 9.17) is 0 Å². The van der Waals surface area contributed by atoms with Crippen molar-refractivity contribution in [3.05, 3.63) is 29.6 Å². The maximum atomic E-state index is 14.3. The van der Waals surface area contributed by atoms with Gasteiger partial charge in [0.1, 0.15) is 11.4 Å². The standard InChI is InChI=1S/C19H22FN3O4/c1-11-5-3-4-8-19(11)17(26)23(18(27)22-19)10-16(25)14-7-6-13(9-15(14)20)21-12(2)24/h6-7,9,11H,3-5,8,10H2,1-2H3,(H,21,24)(H,22,27)/t11-,19+/m0/s1. The zero-order valence-electron chi connectivity index (χ0n) is 15.3. The Bertz CT molecular complexity index is 825. The van der Waals surface area contributed by atoms with Gasteiger partial charge in [-0.25, -0.2) is 9.18 Å². The van der Waals surface area contributed by atoms with Crippen molar-refractivity contribution in [2.24, 2.45) is 5.92 Å². The van der Waals surface area contributed by atoms with E-state index in [1.54, 1.807) is 0 Å². The van der Waals surface area contributed by atoms with Crippen LogP contribution in [-0.2, 0) is 9.59 Å². The Morgan fingerprint density at radius 3 is 2.70 bits per heavy atom. The van der Waals surface area contributed by atoms with Gasteiger partial charge in [-0.05, 0) is 37.0 Å². The minimum Gasteiger partial charge on any atom is -0.326 e. The van der Waals surface area contributed by atoms with Gasteiger partial charge in [0.15, 0.2) is 5.78 Å². The van der Waals surface area contributed by atoms with E-state index in [9.17, 15) is 23.6 Å². The number of nitrogens with one attached hydrogen (secondary N) is 2. The summed E-state index contributed by atoms with van der Waals surface area (Å²) in [5, 5.41) is 5.19. The lowest BCUT2D eigenvalue weighted by atomic mass is 9.73. The fraction of sp³-hybridized carbons (Fsp3) is 0.474. The van der Waals surface area contributed by atoms with Crippen molar-refractivity contribution in [1.29, 1.82) is 0 Å². The number of hydrogen-bond donors (Lipinski definition) is 2. The van der Waals surface area contributed by atoms with Crippen molar-refractivity contribution in [3.8, 4) is 0 Å². The molecule has 27 heavy (non-hydrogen) atoms. The molecule has 7 nitrogen and oxygen atoms in total. The minimum absolute atomic E-state index is 0.0172. The molecule has 0 bridgehead atoms. The Hall–Kier alpha value is -2.77. The van der Waals surface area contributed by atoms with E-state index in [2.05, 4.69) is 10.6 Å². The summed E-state index contributed by atoms with van der Waals surface area (Å²) in [4.78, 5) is 49.6. The molecule has 1 aromatic carbocycles. The molecule has 2 aliphatic rings. The van der Waals surface area contributed by atoms with Crippen LogP contribution in [0.5, 0.6) is 0 Å². The molecule has 2 N–H and O–H groups in total. The first-order valence-electron chi connectivity index (χ1n) is 8.99. The van der Waals surface area contributed by atoms with Gasteiger partial charge in [0.2, 0.25) is 5.91 Å². The molecule has 1 aliphatic carbocycles. The molecular formula is C19H22FN3O4. The number of ketones is 1. The van der Waals surface area contributed by atoms with Crippen LogP contribution in [0.15, 0.2) is 18.2 Å². The van der Waals surface area contributed by atoms with Crippen LogP contribution in [0.25, 0.3) is 0 Å². The summed E-state index contributed by atoms with van der Waals surface area (Å²) in [5.41, 5.74) is -0.965. The van der Waals surface area contributed by atoms with Crippen LogP contribution in [0.3, 0.4) is 0 Å². The Morgan fingerprint density at radius 1 is 1.33 bits per heavy atom. The third-order valence-electron chi connectivity index (χ3n) is 5.39. The number of anilines is 1. The van der Waals surface area contributed by atoms with Crippen molar-refractivity contribution in [1.82, 2.24) is 10.2 Å². The molecule has 0 radical (unpaired) electrons. The number of carbonyl (C=O) groups excluding carboxylic acids is 4. The van der Waals surface area contributed by atoms with E-state index in [-0.39, 0.29) is 23.1 Å². The Kier molecular flexibility index (Phi) is 4.99. The zero-order valence-corrected chi connectivity index (χ0v) is 15.3. The van der Waals surface area contributed by atoms with E-state index in [1.807, 2.05) is 6.92 Å². The number of urea groups is 1. The summed E-state index contributed by atoms with van der Waals surface area (Å²) in [6.07, 6.45) is 3.20. The maximum absolute atomic E-state index is 14.3. The van der Waals surface area contributed by atoms with Crippen molar-refractivity contribution >= 4 is 29.3 Å². The van der Waals surface area contributed by atoms with E-state index < -0.39 is 35.6 Å². The number of carbonyl (C=O) groups is 4. The number of rotatable bonds is 4. The Labute approximate surface area is 156 Å². The number of halogens is 1. The smallest absolute Gasteiger partial charge is 0.325 e. The highest BCUT2D eigenvalue weighted by Gasteiger charge is 2.55. The van der Waals surface area contributed by atoms with Crippen LogP contribution in [0.1, 0.15) is 49.9 Å². The number of amides is 4. The van der Waals surface area contributed by atoms with E-state index in [0.29, 0.717) is 6.42 Å². The highest BCUT2D eigenvalue weighted by Crippen LogP contribution is 2.38. The van der Waals surface area contributed by atoms with Gasteiger partial charge >= 0.3 is 6.03 Å². The Balaban J connectivity index is 1.77. The minimum atomic E-state index is -0.955. The van der Waals surface area contributed by atoms with Gasteiger partial charge in [-0.2, -0.15) is 0 Å². The number of benzene rings is 1. The van der Waals surface area contributed by atoms with Crippen molar-refractivity contribution in [2.45, 2.75) is 45.1 Å². The van der Waals surface area contributed by atoms with Crippen LogP contribution < -0.4 is 10.6 Å². The molecule has 1 heterocycles. The third-order valence-corrected chi connectivity index (χ3v) is 5.39. The lowest BCUT2D eigenvalue weighted by molar-refractivity contribution is -0.133. The lowest BCUT2D eigenvalue weighted by Crippen LogP contribution is -2.54. The molecule has 0 aromatic heterocycles. The van der Waals surface area contributed by atoms with Gasteiger partial charge in [-0.3, -0.25) is 19.3 Å². The molecule has 1 aromatic rings. The van der Waals surface area contributed by atoms with Crippen molar-refractivity contribution in [2.75, 3.05) is 11.9 Å². The summed E-state index contributed by atoms with van der Waals surface area (Å²) in [5.74, 6) is -2.29. The molecule has 0 unspecified atom stereocenters. The first kappa shape index (κ1) is 19.0. The summed E-state index contributed by atoms with van der Waals surface area (Å²) in [7, 11) is 0. The summed E-state index contributed by atoms with van der Waals surface area (Å²) < 4.78 is 14.3. The second kappa shape index (κ2) is 7.09. The molecule has 1 spiro atoms. The highest BCUT2D eigenvalue weighted by atomic mass is 19.1. The van der Waals surface area contributed by atoms with Crippen LogP contribution in [0.2, 0.25) is 0 Å². The molecule has 2 fully saturated rings. The number of imide groups is 1. The maximum Gasteiger partial charge on any atom is 0.325 e. The van der Waals surface area contributed by atoms with E-state index in [0.717, 1.165) is 30.2 Å². The third kappa shape index (κ3) is 3.43. The summed E-state index contributed by atoms with van der Waals surface area (Å²) in [6.45, 7) is 2.69. The van der Waals surface area contributed by atoms with E-state index in [1.165, 1.54) is 19.1 Å². The van der Waals surface area contributed by atoms with Gasteiger partial charge in [0.25, 0.3) is 5.91 Å². The van der Waals surface area contributed by atoms with Crippen LogP contribution in [0, 0.1) is 11.7 Å². The molecule has 1 aliphatic heterocycles. The predicted molar refractivity (Wildman–Crippen MR) is 95.6 cm³/mol.